The van der Waals surface area contributed by atoms with Crippen LogP contribution in [0.15, 0.2) is 0 Å². The zero-order valence-electron chi connectivity index (χ0n) is 14.9. The van der Waals surface area contributed by atoms with Gasteiger partial charge in [0.15, 0.2) is 5.56 Å². The van der Waals surface area contributed by atoms with Gasteiger partial charge in [-0.3, -0.25) is 9.59 Å². The van der Waals surface area contributed by atoms with Crippen LogP contribution >= 0.6 is 11.6 Å². The first-order valence-electron chi connectivity index (χ1n) is 7.88. The van der Waals surface area contributed by atoms with E-state index in [0.717, 1.165) is 0 Å². The molecule has 0 aliphatic carbocycles. The summed E-state index contributed by atoms with van der Waals surface area (Å²) in [6, 6.07) is 0. The van der Waals surface area contributed by atoms with Crippen LogP contribution in [0.5, 0.6) is 0 Å². The Labute approximate surface area is 158 Å². The first-order valence-corrected chi connectivity index (χ1v) is 8.31. The number of carbonyl (C=O) groups excluding carboxylic acids is 3. The summed E-state index contributed by atoms with van der Waals surface area (Å²) in [7, 11) is 0. The molecule has 0 aromatic carbocycles. The van der Waals surface area contributed by atoms with Crippen molar-refractivity contribution in [3.8, 4) is 24.7 Å². The van der Waals surface area contributed by atoms with Gasteiger partial charge in [0.25, 0.3) is 0 Å². The lowest BCUT2D eigenvalue weighted by Crippen LogP contribution is -2.37. The highest BCUT2D eigenvalue weighted by molar-refractivity contribution is 6.19. The number of alkyl halides is 1. The molecule has 0 N–H and O–H groups in total. The van der Waals surface area contributed by atoms with E-state index in [1.165, 1.54) is 6.92 Å². The minimum absolute atomic E-state index is 0.0567. The maximum absolute atomic E-state index is 11.6. The maximum Gasteiger partial charge on any atom is 0.509 e. The third kappa shape index (κ3) is 12.0. The molecular weight excluding hydrogens is 364 g/mol. The van der Waals surface area contributed by atoms with Gasteiger partial charge in [0.1, 0.15) is 19.8 Å². The van der Waals surface area contributed by atoms with Crippen LogP contribution in [-0.2, 0) is 28.5 Å². The number of hydrogen-bond donors (Lipinski definition) is 0. The first-order chi connectivity index (χ1) is 12.2. The van der Waals surface area contributed by atoms with E-state index in [1.807, 2.05) is 0 Å². The molecule has 144 valence electrons. The van der Waals surface area contributed by atoms with E-state index < -0.39 is 29.1 Å². The molecule has 0 amide bonds. The summed E-state index contributed by atoms with van der Waals surface area (Å²) in [5.41, 5.74) is -1.84. The van der Waals surface area contributed by atoms with Crippen LogP contribution in [-0.4, -0.2) is 43.5 Å². The molecule has 0 saturated heterocycles. The molecule has 0 heterocycles. The van der Waals surface area contributed by atoms with Crippen molar-refractivity contribution in [1.29, 1.82) is 0 Å². The van der Waals surface area contributed by atoms with Crippen LogP contribution in [0.4, 0.5) is 4.79 Å². The van der Waals surface area contributed by atoms with Gasteiger partial charge in [-0.25, -0.2) is 4.79 Å². The zero-order chi connectivity index (χ0) is 20.0. The van der Waals surface area contributed by atoms with Crippen LogP contribution in [0.2, 0.25) is 0 Å². The summed E-state index contributed by atoms with van der Waals surface area (Å²) in [5.74, 6) is 3.64. The van der Waals surface area contributed by atoms with E-state index in [4.69, 9.17) is 38.7 Å². The summed E-state index contributed by atoms with van der Waals surface area (Å²) in [5, 5.41) is 0. The third-order valence-electron chi connectivity index (χ3n) is 2.91. The highest BCUT2D eigenvalue weighted by Crippen LogP contribution is 2.20. The normalized spacial score (nSPS) is 11.4. The van der Waals surface area contributed by atoms with Crippen molar-refractivity contribution in [3.63, 3.8) is 0 Å². The Morgan fingerprint density at radius 2 is 1.38 bits per heavy atom. The topological polar surface area (TPSA) is 88.1 Å². The number of ether oxygens (including phenoxy) is 4. The smallest absolute Gasteiger partial charge is 0.465 e. The molecule has 26 heavy (non-hydrogen) atoms. The Morgan fingerprint density at radius 3 is 1.77 bits per heavy atom. The summed E-state index contributed by atoms with van der Waals surface area (Å²) in [4.78, 5) is 34.7. The number of hydrogen-bond acceptors (Lipinski definition) is 7. The van der Waals surface area contributed by atoms with Gasteiger partial charge in [-0.2, -0.15) is 0 Å². The SMILES string of the molecule is C#CCCC(=O)OCC(C)(COC(=O)CCC#C)COC(=O)OC(C)Cl. The molecule has 0 aliphatic rings. The molecule has 0 radical (unpaired) electrons. The van der Waals surface area contributed by atoms with Crippen LogP contribution in [0.25, 0.3) is 0 Å². The molecule has 0 fully saturated rings. The molecule has 0 bridgehead atoms. The van der Waals surface area contributed by atoms with Crippen LogP contribution in [0.3, 0.4) is 0 Å². The molecule has 0 aromatic heterocycles. The van der Waals surface area contributed by atoms with E-state index in [9.17, 15) is 14.4 Å². The largest absolute Gasteiger partial charge is 0.509 e. The zero-order valence-corrected chi connectivity index (χ0v) is 15.7. The van der Waals surface area contributed by atoms with Crippen molar-refractivity contribution in [2.75, 3.05) is 19.8 Å². The van der Waals surface area contributed by atoms with Crippen LogP contribution in [0, 0.1) is 30.1 Å². The fourth-order valence-electron chi connectivity index (χ4n) is 1.53. The van der Waals surface area contributed by atoms with Crippen molar-refractivity contribution in [1.82, 2.24) is 0 Å². The lowest BCUT2D eigenvalue weighted by atomic mass is 9.94. The summed E-state index contributed by atoms with van der Waals surface area (Å²) >= 11 is 5.53. The number of terminal acetylenes is 2. The summed E-state index contributed by atoms with van der Waals surface area (Å²) in [6.45, 7) is 2.54. The average molecular weight is 387 g/mol. The van der Waals surface area contributed by atoms with Crippen molar-refractivity contribution in [2.24, 2.45) is 5.41 Å². The standard InChI is InChI=1S/C18H23ClO7/c1-5-7-9-15(20)23-11-18(4,12-24-16(21)10-8-6-2)13-25-17(22)26-14(3)19/h1-2,14H,7-13H2,3-4H3. The quantitative estimate of drug-likeness (QED) is 0.233. The molecule has 0 spiro atoms. The second kappa shape index (κ2) is 12.9. The van der Waals surface area contributed by atoms with Crippen LogP contribution in [0.1, 0.15) is 39.5 Å². The monoisotopic (exact) mass is 386 g/mol. The van der Waals surface area contributed by atoms with E-state index in [0.29, 0.717) is 0 Å². The summed E-state index contributed by atoms with van der Waals surface area (Å²) < 4.78 is 19.8. The van der Waals surface area contributed by atoms with Gasteiger partial charge in [0.05, 0.1) is 18.3 Å². The van der Waals surface area contributed by atoms with E-state index in [2.05, 4.69) is 16.6 Å². The lowest BCUT2D eigenvalue weighted by molar-refractivity contribution is -0.155. The van der Waals surface area contributed by atoms with Gasteiger partial charge in [-0.05, 0) is 13.8 Å². The Kier molecular flexibility index (Phi) is 11.7. The molecule has 1 atom stereocenters. The summed E-state index contributed by atoms with van der Waals surface area (Å²) in [6.07, 6.45) is 9.79. The van der Waals surface area contributed by atoms with E-state index in [1.54, 1.807) is 6.92 Å². The molecule has 7 nitrogen and oxygen atoms in total. The number of halogens is 1. The van der Waals surface area contributed by atoms with Gasteiger partial charge in [-0.1, -0.05) is 11.6 Å². The minimum atomic E-state index is -0.990. The number of rotatable bonds is 11. The number of esters is 2. The Bertz CT molecular complexity index is 523. The predicted molar refractivity (Wildman–Crippen MR) is 93.9 cm³/mol. The minimum Gasteiger partial charge on any atom is -0.465 e. The highest BCUT2D eigenvalue weighted by atomic mass is 35.5. The third-order valence-corrected chi connectivity index (χ3v) is 3.00. The van der Waals surface area contributed by atoms with Crippen molar-refractivity contribution < 1.29 is 33.3 Å². The molecule has 8 heteroatoms. The molecule has 0 rings (SSSR count). The second-order valence-corrected chi connectivity index (χ2v) is 6.35. The van der Waals surface area contributed by atoms with Gasteiger partial charge in [0.2, 0.25) is 0 Å². The van der Waals surface area contributed by atoms with Gasteiger partial charge < -0.3 is 18.9 Å². The van der Waals surface area contributed by atoms with Crippen LogP contribution < -0.4 is 0 Å². The molecule has 0 aromatic rings. The number of carbonyl (C=O) groups is 3. The fraction of sp³-hybridized carbons (Fsp3) is 0.611. The van der Waals surface area contributed by atoms with Gasteiger partial charge in [-0.15, -0.1) is 24.7 Å². The maximum atomic E-state index is 11.6. The molecule has 1 unspecified atom stereocenters. The fourth-order valence-corrected chi connectivity index (χ4v) is 1.60. The first kappa shape index (κ1) is 23.6. The molecule has 0 aliphatic heterocycles. The highest BCUT2D eigenvalue weighted by Gasteiger charge is 2.31. The Hall–Kier alpha value is -2.38. The molecular formula is C18H23ClO7. The van der Waals surface area contributed by atoms with E-state index in [-0.39, 0.29) is 45.5 Å². The molecule has 0 saturated carbocycles. The van der Waals surface area contributed by atoms with E-state index >= 15 is 0 Å². The average Bonchev–Trinajstić information content (AvgIpc) is 2.59. The Morgan fingerprint density at radius 1 is 0.962 bits per heavy atom. The second-order valence-electron chi connectivity index (χ2n) is 5.74. The van der Waals surface area contributed by atoms with Crippen molar-refractivity contribution >= 4 is 29.7 Å². The van der Waals surface area contributed by atoms with Crippen molar-refractivity contribution in [2.45, 2.75) is 45.1 Å². The van der Waals surface area contributed by atoms with Gasteiger partial charge in [0, 0.05) is 12.8 Å². The lowest BCUT2D eigenvalue weighted by Gasteiger charge is -2.27. The predicted octanol–water partition coefficient (Wildman–Crippen LogP) is 2.64. The van der Waals surface area contributed by atoms with Gasteiger partial charge >= 0.3 is 18.1 Å². The van der Waals surface area contributed by atoms with Crippen molar-refractivity contribution in [3.05, 3.63) is 0 Å². The Balaban J connectivity index is 4.70.